The molecular formula is C13H20O5. The van der Waals surface area contributed by atoms with Crippen LogP contribution in [-0.4, -0.2) is 41.3 Å². The van der Waals surface area contributed by atoms with Crippen molar-refractivity contribution in [1.29, 1.82) is 0 Å². The lowest BCUT2D eigenvalue weighted by Crippen LogP contribution is -2.25. The normalized spacial score (nSPS) is 37.1. The fourth-order valence-electron chi connectivity index (χ4n) is 2.30. The van der Waals surface area contributed by atoms with E-state index in [4.69, 9.17) is 14.2 Å². The van der Waals surface area contributed by atoms with Crippen LogP contribution in [0, 0.1) is 0 Å². The maximum Gasteiger partial charge on any atom is 0.306 e. The summed E-state index contributed by atoms with van der Waals surface area (Å²) in [5, 5.41) is 9.88. The van der Waals surface area contributed by atoms with Gasteiger partial charge in [-0.05, 0) is 27.2 Å². The zero-order valence-electron chi connectivity index (χ0n) is 11.0. The zero-order valence-corrected chi connectivity index (χ0v) is 11.0. The minimum absolute atomic E-state index is 0.0606. The van der Waals surface area contributed by atoms with E-state index in [0.717, 1.165) is 0 Å². The van der Waals surface area contributed by atoms with Gasteiger partial charge in [0.25, 0.3) is 0 Å². The molecule has 2 aliphatic rings. The van der Waals surface area contributed by atoms with Gasteiger partial charge in [0.15, 0.2) is 5.79 Å². The third kappa shape index (κ3) is 3.10. The van der Waals surface area contributed by atoms with Crippen molar-refractivity contribution in [3.8, 4) is 0 Å². The first-order valence-corrected chi connectivity index (χ1v) is 6.29. The van der Waals surface area contributed by atoms with Gasteiger partial charge in [0.2, 0.25) is 0 Å². The third-order valence-corrected chi connectivity index (χ3v) is 3.15. The van der Waals surface area contributed by atoms with E-state index in [9.17, 15) is 9.90 Å². The molecule has 0 aromatic rings. The van der Waals surface area contributed by atoms with Gasteiger partial charge in [0, 0.05) is 6.42 Å². The Labute approximate surface area is 107 Å². The molecule has 2 rings (SSSR count). The predicted octanol–water partition coefficient (Wildman–Crippen LogP) is 1.15. The molecule has 0 saturated carbocycles. The van der Waals surface area contributed by atoms with E-state index in [2.05, 4.69) is 0 Å². The molecule has 5 heteroatoms. The van der Waals surface area contributed by atoms with Crippen molar-refractivity contribution in [2.45, 2.75) is 63.8 Å². The number of esters is 1. The van der Waals surface area contributed by atoms with Gasteiger partial charge in [0.05, 0.1) is 6.10 Å². The molecule has 102 valence electrons. The molecule has 5 nitrogen and oxygen atoms in total. The van der Waals surface area contributed by atoms with Gasteiger partial charge < -0.3 is 19.3 Å². The Morgan fingerprint density at radius 1 is 1.44 bits per heavy atom. The molecule has 0 unspecified atom stereocenters. The number of hydrogen-bond acceptors (Lipinski definition) is 5. The summed E-state index contributed by atoms with van der Waals surface area (Å²) in [6.45, 7) is 5.63. The largest absolute Gasteiger partial charge is 0.459 e. The van der Waals surface area contributed by atoms with Gasteiger partial charge in [0.1, 0.15) is 18.3 Å². The second-order valence-electron chi connectivity index (χ2n) is 5.25. The van der Waals surface area contributed by atoms with Crippen molar-refractivity contribution >= 4 is 5.97 Å². The molecule has 0 aromatic carbocycles. The van der Waals surface area contributed by atoms with Crippen molar-refractivity contribution in [3.05, 3.63) is 12.2 Å². The van der Waals surface area contributed by atoms with Crippen LogP contribution in [-0.2, 0) is 19.0 Å². The third-order valence-electron chi connectivity index (χ3n) is 3.15. The molecule has 2 fully saturated rings. The molecule has 1 N–H and O–H groups in total. The summed E-state index contributed by atoms with van der Waals surface area (Å²) in [6.07, 6.45) is 2.87. The van der Waals surface area contributed by atoms with Crippen molar-refractivity contribution in [2.24, 2.45) is 0 Å². The van der Waals surface area contributed by atoms with Crippen molar-refractivity contribution < 1.29 is 24.1 Å². The molecule has 0 aromatic heterocycles. The lowest BCUT2D eigenvalue weighted by atomic mass is 10.1. The lowest BCUT2D eigenvalue weighted by molar-refractivity contribution is -0.144. The fourth-order valence-corrected chi connectivity index (χ4v) is 2.30. The first-order chi connectivity index (χ1) is 8.37. The number of aliphatic hydroxyl groups excluding tert-OH is 1. The molecule has 0 amide bonds. The molecule has 0 spiro atoms. The summed E-state index contributed by atoms with van der Waals surface area (Å²) in [5.74, 6) is -0.846. The Balaban J connectivity index is 1.89. The maximum absolute atomic E-state index is 11.0. The molecule has 18 heavy (non-hydrogen) atoms. The zero-order chi connectivity index (χ0) is 13.3. The summed E-state index contributed by atoms with van der Waals surface area (Å²) < 4.78 is 16.3. The van der Waals surface area contributed by atoms with Gasteiger partial charge in [-0.15, -0.1) is 0 Å². The van der Waals surface area contributed by atoms with Crippen molar-refractivity contribution in [1.82, 2.24) is 0 Å². The summed E-state index contributed by atoms with van der Waals surface area (Å²) >= 11 is 0. The Morgan fingerprint density at radius 3 is 2.67 bits per heavy atom. The fraction of sp³-hybridized carbons (Fsp3) is 0.769. The average molecular weight is 256 g/mol. The van der Waals surface area contributed by atoms with Crippen molar-refractivity contribution in [3.63, 3.8) is 0 Å². The van der Waals surface area contributed by atoms with Gasteiger partial charge in [-0.1, -0.05) is 12.2 Å². The molecular weight excluding hydrogens is 236 g/mol. The first-order valence-electron chi connectivity index (χ1n) is 6.29. The number of rotatable bonds is 3. The standard InChI is InChI=1S/C13H20O5/c1-8-10(18-13(2,3)17-8)5-4-9(14)11-6-7-12(15)16-11/h4-5,8-11,14H,6-7H2,1-3H3/b5-4+/t8-,9+,10-,11+/m0/s1. The summed E-state index contributed by atoms with van der Waals surface area (Å²) in [5.41, 5.74) is 0. The maximum atomic E-state index is 11.0. The van der Waals surface area contributed by atoms with E-state index < -0.39 is 18.0 Å². The number of cyclic esters (lactones) is 1. The average Bonchev–Trinajstić information content (AvgIpc) is 2.79. The van der Waals surface area contributed by atoms with Crippen LogP contribution in [0.5, 0.6) is 0 Å². The highest BCUT2D eigenvalue weighted by Crippen LogP contribution is 2.28. The second kappa shape index (κ2) is 4.99. The van der Waals surface area contributed by atoms with Gasteiger partial charge in [-0.2, -0.15) is 0 Å². The lowest BCUT2D eigenvalue weighted by Gasteiger charge is -2.16. The highest BCUT2D eigenvalue weighted by atomic mass is 16.7. The Morgan fingerprint density at radius 2 is 2.17 bits per heavy atom. The van der Waals surface area contributed by atoms with Crippen LogP contribution >= 0.6 is 0 Å². The van der Waals surface area contributed by atoms with Gasteiger partial charge >= 0.3 is 5.97 Å². The van der Waals surface area contributed by atoms with Gasteiger partial charge in [-0.3, -0.25) is 4.79 Å². The molecule has 0 aliphatic carbocycles. The summed E-state index contributed by atoms with van der Waals surface area (Å²) in [4.78, 5) is 11.0. The van der Waals surface area contributed by atoms with E-state index >= 15 is 0 Å². The molecule has 0 radical (unpaired) electrons. The first kappa shape index (κ1) is 13.5. The number of ether oxygens (including phenoxy) is 3. The molecule has 0 bridgehead atoms. The Kier molecular flexibility index (Phi) is 3.75. The summed E-state index contributed by atoms with van der Waals surface area (Å²) in [7, 11) is 0. The molecule has 2 saturated heterocycles. The van der Waals surface area contributed by atoms with E-state index in [1.807, 2.05) is 20.8 Å². The monoisotopic (exact) mass is 256 g/mol. The Bertz CT molecular complexity index is 349. The minimum Gasteiger partial charge on any atom is -0.459 e. The predicted molar refractivity (Wildman–Crippen MR) is 63.8 cm³/mol. The van der Waals surface area contributed by atoms with Crippen LogP contribution in [0.1, 0.15) is 33.6 Å². The highest BCUT2D eigenvalue weighted by Gasteiger charge is 2.37. The topological polar surface area (TPSA) is 65.0 Å². The molecule has 4 atom stereocenters. The number of carbonyl (C=O) groups is 1. The van der Waals surface area contributed by atoms with Crippen LogP contribution in [0.25, 0.3) is 0 Å². The SMILES string of the molecule is C[C@@H]1OC(C)(C)O[C@H]1/C=C/[C@@H](O)[C@H]1CCC(=O)O1. The van der Waals surface area contributed by atoms with E-state index in [1.54, 1.807) is 12.2 Å². The minimum atomic E-state index is -0.782. The summed E-state index contributed by atoms with van der Waals surface area (Å²) in [6, 6.07) is 0. The quantitative estimate of drug-likeness (QED) is 0.606. The van der Waals surface area contributed by atoms with Crippen molar-refractivity contribution in [2.75, 3.05) is 0 Å². The van der Waals surface area contributed by atoms with Crippen LogP contribution < -0.4 is 0 Å². The number of hydrogen-bond donors (Lipinski definition) is 1. The number of carbonyl (C=O) groups excluding carboxylic acids is 1. The molecule has 2 heterocycles. The highest BCUT2D eigenvalue weighted by molar-refractivity contribution is 5.71. The van der Waals surface area contributed by atoms with Crippen LogP contribution in [0.15, 0.2) is 12.2 Å². The van der Waals surface area contributed by atoms with Crippen LogP contribution in [0.2, 0.25) is 0 Å². The van der Waals surface area contributed by atoms with E-state index in [1.165, 1.54) is 0 Å². The Hall–Kier alpha value is -0.910. The van der Waals surface area contributed by atoms with E-state index in [-0.39, 0.29) is 18.2 Å². The van der Waals surface area contributed by atoms with Gasteiger partial charge in [-0.25, -0.2) is 0 Å². The molecule has 2 aliphatic heterocycles. The second-order valence-corrected chi connectivity index (χ2v) is 5.25. The van der Waals surface area contributed by atoms with Crippen LogP contribution in [0.3, 0.4) is 0 Å². The smallest absolute Gasteiger partial charge is 0.306 e. The van der Waals surface area contributed by atoms with E-state index in [0.29, 0.717) is 12.8 Å². The number of aliphatic hydroxyl groups is 1. The van der Waals surface area contributed by atoms with Crippen LogP contribution in [0.4, 0.5) is 0 Å².